The predicted octanol–water partition coefficient (Wildman–Crippen LogP) is -4.48. The first kappa shape index (κ1) is 27.1. The highest BCUT2D eigenvalue weighted by Gasteiger charge is 2.29. The lowest BCUT2D eigenvalue weighted by atomic mass is 10.1. The van der Waals surface area contributed by atoms with Gasteiger partial charge in [-0.15, -0.1) is 0 Å². The number of nitrogens with one attached hydrogen (secondary N) is 3. The summed E-state index contributed by atoms with van der Waals surface area (Å²) in [5.41, 5.74) is 10.4. The molecule has 0 aromatic heterocycles. The van der Waals surface area contributed by atoms with Crippen LogP contribution in [0.4, 0.5) is 0 Å². The Kier molecular flexibility index (Phi) is 12.0. The Hall–Kier alpha value is -2.91. The van der Waals surface area contributed by atoms with E-state index >= 15 is 0 Å². The van der Waals surface area contributed by atoms with Crippen LogP contribution in [0.1, 0.15) is 19.3 Å². The van der Waals surface area contributed by atoms with E-state index in [4.69, 9.17) is 21.7 Å². The van der Waals surface area contributed by atoms with Crippen LogP contribution in [-0.4, -0.2) is 87.4 Å². The second-order valence-electron chi connectivity index (χ2n) is 6.10. The van der Waals surface area contributed by atoms with Crippen LogP contribution < -0.4 is 27.4 Å². The van der Waals surface area contributed by atoms with Crippen LogP contribution in [-0.2, 0) is 28.8 Å². The molecule has 4 unspecified atom stereocenters. The molecule has 0 aromatic rings. The van der Waals surface area contributed by atoms with Crippen LogP contribution in [0.2, 0.25) is 0 Å². The van der Waals surface area contributed by atoms with E-state index in [0.29, 0.717) is 0 Å². The van der Waals surface area contributed by atoms with E-state index in [1.165, 1.54) is 0 Å². The van der Waals surface area contributed by atoms with Crippen LogP contribution in [0.25, 0.3) is 0 Å². The van der Waals surface area contributed by atoms with Crippen molar-refractivity contribution in [3.63, 3.8) is 0 Å². The number of aliphatic hydroxyl groups is 1. The summed E-state index contributed by atoms with van der Waals surface area (Å²) in [5, 5.41) is 33.3. The normalized spacial score (nSPS) is 14.5. The Bertz CT molecular complexity index is 675. The zero-order valence-electron chi connectivity index (χ0n) is 15.7. The van der Waals surface area contributed by atoms with Crippen molar-refractivity contribution in [1.82, 2.24) is 16.0 Å². The Morgan fingerprint density at radius 2 is 1.37 bits per heavy atom. The minimum atomic E-state index is -1.59. The maximum Gasteiger partial charge on any atom is 0.326 e. The molecule has 14 nitrogen and oxygen atoms in total. The molecule has 0 saturated carbocycles. The molecular formula is C15H25N5O9S. The van der Waals surface area contributed by atoms with Crippen molar-refractivity contribution in [2.24, 2.45) is 11.5 Å². The molecule has 15 heteroatoms. The molecule has 0 spiro atoms. The molecule has 170 valence electrons. The smallest absolute Gasteiger partial charge is 0.326 e. The zero-order valence-corrected chi connectivity index (χ0v) is 16.6. The maximum absolute atomic E-state index is 12.3. The molecule has 30 heavy (non-hydrogen) atoms. The SMILES string of the molecule is NC(=O)CC(N)C(=O)NC(CS)C(=O)NC(CO)C(=O)NC(CCC(=O)O)C(=O)O. The number of aliphatic carboxylic acids is 2. The first-order valence-electron chi connectivity index (χ1n) is 8.54. The lowest BCUT2D eigenvalue weighted by molar-refractivity contribution is -0.143. The van der Waals surface area contributed by atoms with E-state index in [0.717, 1.165) is 0 Å². The van der Waals surface area contributed by atoms with Gasteiger partial charge in [0, 0.05) is 12.2 Å². The van der Waals surface area contributed by atoms with E-state index in [1.807, 2.05) is 5.32 Å². The number of carbonyl (C=O) groups excluding carboxylic acids is 4. The molecule has 0 fully saturated rings. The number of thiol groups is 1. The van der Waals surface area contributed by atoms with Crippen LogP contribution in [0.3, 0.4) is 0 Å². The number of primary amides is 1. The number of aliphatic hydroxyl groups excluding tert-OH is 1. The number of hydrogen-bond donors (Lipinski definition) is 9. The molecule has 0 aliphatic heterocycles. The molecule has 10 N–H and O–H groups in total. The molecule has 0 rings (SSSR count). The van der Waals surface area contributed by atoms with Crippen molar-refractivity contribution >= 4 is 48.2 Å². The fourth-order valence-corrected chi connectivity index (χ4v) is 2.30. The maximum atomic E-state index is 12.3. The molecule has 0 radical (unpaired) electrons. The molecule has 0 aromatic carbocycles. The van der Waals surface area contributed by atoms with Gasteiger partial charge in [0.1, 0.15) is 18.1 Å². The summed E-state index contributed by atoms with van der Waals surface area (Å²) in [4.78, 5) is 68.8. The van der Waals surface area contributed by atoms with Gasteiger partial charge in [-0.2, -0.15) is 12.6 Å². The van der Waals surface area contributed by atoms with Gasteiger partial charge in [-0.25, -0.2) is 4.79 Å². The van der Waals surface area contributed by atoms with Crippen LogP contribution in [0.15, 0.2) is 0 Å². The number of nitrogens with two attached hydrogens (primary N) is 2. The minimum absolute atomic E-state index is 0.239. The topological polar surface area (TPSA) is 251 Å². The van der Waals surface area contributed by atoms with Gasteiger partial charge >= 0.3 is 11.9 Å². The average Bonchev–Trinajstić information content (AvgIpc) is 2.65. The third kappa shape index (κ3) is 10.0. The average molecular weight is 451 g/mol. The van der Waals surface area contributed by atoms with Gasteiger partial charge < -0.3 is 42.7 Å². The van der Waals surface area contributed by atoms with Crippen molar-refractivity contribution < 1.29 is 44.1 Å². The van der Waals surface area contributed by atoms with Crippen molar-refractivity contribution in [2.45, 2.75) is 43.4 Å². The lowest BCUT2D eigenvalue weighted by Crippen LogP contribution is -2.58. The van der Waals surface area contributed by atoms with Crippen molar-refractivity contribution in [3.05, 3.63) is 0 Å². The zero-order chi connectivity index (χ0) is 23.4. The predicted molar refractivity (Wildman–Crippen MR) is 103 cm³/mol. The molecule has 0 saturated heterocycles. The number of carbonyl (C=O) groups is 6. The first-order valence-corrected chi connectivity index (χ1v) is 9.17. The van der Waals surface area contributed by atoms with Gasteiger partial charge in [0.15, 0.2) is 0 Å². The highest BCUT2D eigenvalue weighted by Crippen LogP contribution is 2.00. The first-order chi connectivity index (χ1) is 13.9. The van der Waals surface area contributed by atoms with Crippen LogP contribution in [0.5, 0.6) is 0 Å². The highest BCUT2D eigenvalue weighted by molar-refractivity contribution is 7.80. The van der Waals surface area contributed by atoms with E-state index in [-0.39, 0.29) is 5.75 Å². The number of carboxylic acids is 2. The largest absolute Gasteiger partial charge is 0.481 e. The fourth-order valence-electron chi connectivity index (χ4n) is 2.05. The second kappa shape index (κ2) is 13.3. The Morgan fingerprint density at radius 1 is 0.867 bits per heavy atom. The third-order valence-corrected chi connectivity index (χ3v) is 4.02. The summed E-state index contributed by atoms with van der Waals surface area (Å²) in [7, 11) is 0. The number of hydrogen-bond acceptors (Lipinski definition) is 9. The summed E-state index contributed by atoms with van der Waals surface area (Å²) in [6, 6.07) is -5.78. The molecule has 0 aliphatic rings. The molecular weight excluding hydrogens is 426 g/mol. The Labute approximate surface area is 176 Å². The second-order valence-corrected chi connectivity index (χ2v) is 6.46. The number of rotatable bonds is 14. The Morgan fingerprint density at radius 3 is 1.80 bits per heavy atom. The van der Waals surface area contributed by atoms with Gasteiger partial charge in [-0.05, 0) is 6.42 Å². The van der Waals surface area contributed by atoms with Crippen LogP contribution >= 0.6 is 12.6 Å². The summed E-state index contributed by atoms with van der Waals surface area (Å²) in [5.74, 6) is -6.77. The number of amides is 4. The van der Waals surface area contributed by atoms with Gasteiger partial charge in [0.05, 0.1) is 19.1 Å². The van der Waals surface area contributed by atoms with Crippen molar-refractivity contribution in [1.29, 1.82) is 0 Å². The lowest BCUT2D eigenvalue weighted by Gasteiger charge is -2.23. The van der Waals surface area contributed by atoms with Gasteiger partial charge in [-0.3, -0.25) is 24.0 Å². The highest BCUT2D eigenvalue weighted by atomic mass is 32.1. The molecule has 0 aliphatic carbocycles. The molecule has 0 bridgehead atoms. The summed E-state index contributed by atoms with van der Waals surface area (Å²) in [6.45, 7) is -0.919. The van der Waals surface area contributed by atoms with E-state index in [1.54, 1.807) is 0 Å². The summed E-state index contributed by atoms with van der Waals surface area (Å²) in [6.07, 6.45) is -1.43. The van der Waals surface area contributed by atoms with Gasteiger partial charge in [-0.1, -0.05) is 0 Å². The standard InChI is InChI=1S/C15H25N5O9S/c16-6(3-10(17)22)12(25)20-9(5-30)14(27)19-8(4-21)13(26)18-7(15(28)29)1-2-11(23)24/h6-9,21,30H,1-5,16H2,(H2,17,22)(H,18,26)(H,19,27)(H,20,25)(H,23,24)(H,28,29). The molecule has 4 atom stereocenters. The minimum Gasteiger partial charge on any atom is -0.481 e. The van der Waals surface area contributed by atoms with Gasteiger partial charge in [0.2, 0.25) is 23.6 Å². The summed E-state index contributed by atoms with van der Waals surface area (Å²) >= 11 is 3.90. The van der Waals surface area contributed by atoms with Crippen molar-refractivity contribution in [2.75, 3.05) is 12.4 Å². The van der Waals surface area contributed by atoms with E-state index in [2.05, 4.69) is 23.3 Å². The van der Waals surface area contributed by atoms with E-state index < -0.39 is 85.6 Å². The fraction of sp³-hybridized carbons (Fsp3) is 0.600. The molecule has 0 heterocycles. The monoisotopic (exact) mass is 451 g/mol. The third-order valence-electron chi connectivity index (χ3n) is 3.65. The number of carboxylic acid groups (broad SMARTS) is 2. The quantitative estimate of drug-likeness (QED) is 0.114. The molecule has 4 amide bonds. The van der Waals surface area contributed by atoms with Crippen molar-refractivity contribution in [3.8, 4) is 0 Å². The Balaban J connectivity index is 5.00. The summed E-state index contributed by atoms with van der Waals surface area (Å²) < 4.78 is 0. The van der Waals surface area contributed by atoms with E-state index in [9.17, 15) is 33.9 Å². The van der Waals surface area contributed by atoms with Crippen LogP contribution in [0, 0.1) is 0 Å². The van der Waals surface area contributed by atoms with Gasteiger partial charge in [0.25, 0.3) is 0 Å².